The molecule has 0 atom stereocenters. The van der Waals surface area contributed by atoms with E-state index in [1.54, 1.807) is 43.0 Å². The van der Waals surface area contributed by atoms with Crippen molar-refractivity contribution in [3.8, 4) is 11.8 Å². The number of carbonyl (C=O) groups excluding carboxylic acids is 1. The summed E-state index contributed by atoms with van der Waals surface area (Å²) in [6.45, 7) is 0. The minimum absolute atomic E-state index is 0.359. The number of nitrogens with one attached hydrogen (secondary N) is 2. The number of benzene rings is 2. The number of imidazole rings is 1. The van der Waals surface area contributed by atoms with Crippen molar-refractivity contribution in [2.45, 2.75) is 0 Å². The van der Waals surface area contributed by atoms with E-state index in [-0.39, 0.29) is 6.03 Å². The van der Waals surface area contributed by atoms with E-state index in [1.807, 2.05) is 34.9 Å². The third-order valence-electron chi connectivity index (χ3n) is 3.21. The number of hydrogen-bond acceptors (Lipinski definition) is 3. The summed E-state index contributed by atoms with van der Waals surface area (Å²) < 4.78 is 1.82. The van der Waals surface area contributed by atoms with Crippen molar-refractivity contribution in [1.29, 1.82) is 5.26 Å². The van der Waals surface area contributed by atoms with E-state index in [9.17, 15) is 4.79 Å². The van der Waals surface area contributed by atoms with Gasteiger partial charge in [-0.1, -0.05) is 12.1 Å². The summed E-state index contributed by atoms with van der Waals surface area (Å²) in [4.78, 5) is 16.2. The maximum Gasteiger partial charge on any atom is 0.323 e. The summed E-state index contributed by atoms with van der Waals surface area (Å²) in [5.74, 6) is 0. The number of urea groups is 1. The average molecular weight is 303 g/mol. The largest absolute Gasteiger partial charge is 0.323 e. The Labute approximate surface area is 133 Å². The molecule has 1 aromatic heterocycles. The van der Waals surface area contributed by atoms with Crippen LogP contribution in [-0.4, -0.2) is 15.6 Å². The summed E-state index contributed by atoms with van der Waals surface area (Å²) in [6.07, 6.45) is 5.14. The Morgan fingerprint density at radius 3 is 2.57 bits per heavy atom. The lowest BCUT2D eigenvalue weighted by atomic mass is 10.2. The number of anilines is 2. The van der Waals surface area contributed by atoms with Crippen LogP contribution in [0.25, 0.3) is 5.69 Å². The van der Waals surface area contributed by atoms with Gasteiger partial charge in [-0.15, -0.1) is 0 Å². The third-order valence-corrected chi connectivity index (χ3v) is 3.21. The van der Waals surface area contributed by atoms with Gasteiger partial charge in [0.2, 0.25) is 0 Å². The fraction of sp³-hybridized carbons (Fsp3) is 0. The van der Waals surface area contributed by atoms with Crippen LogP contribution in [0.5, 0.6) is 0 Å². The molecule has 2 amide bonds. The predicted octanol–water partition coefficient (Wildman–Crippen LogP) is 3.39. The second kappa shape index (κ2) is 6.45. The van der Waals surface area contributed by atoms with Crippen molar-refractivity contribution in [1.82, 2.24) is 9.55 Å². The molecule has 0 aliphatic carbocycles. The van der Waals surface area contributed by atoms with E-state index >= 15 is 0 Å². The van der Waals surface area contributed by atoms with Crippen LogP contribution in [-0.2, 0) is 0 Å². The SMILES string of the molecule is N#Cc1ccc(NC(=O)Nc2ccccc2-n2ccnc2)cc1. The average Bonchev–Trinajstić information content (AvgIpc) is 3.10. The van der Waals surface area contributed by atoms with Crippen molar-refractivity contribution >= 4 is 17.4 Å². The van der Waals surface area contributed by atoms with Crippen LogP contribution >= 0.6 is 0 Å². The number of aromatic nitrogens is 2. The van der Waals surface area contributed by atoms with Gasteiger partial charge < -0.3 is 15.2 Å². The van der Waals surface area contributed by atoms with Gasteiger partial charge in [0.05, 0.1) is 29.3 Å². The lowest BCUT2D eigenvalue weighted by Crippen LogP contribution is -2.20. The van der Waals surface area contributed by atoms with Crippen LogP contribution in [0.4, 0.5) is 16.2 Å². The zero-order valence-corrected chi connectivity index (χ0v) is 12.1. The first-order chi connectivity index (χ1) is 11.3. The highest BCUT2D eigenvalue weighted by molar-refractivity contribution is 6.01. The topological polar surface area (TPSA) is 82.7 Å². The molecule has 112 valence electrons. The summed E-state index contributed by atoms with van der Waals surface area (Å²) in [5.41, 5.74) is 2.64. The summed E-state index contributed by atoms with van der Waals surface area (Å²) >= 11 is 0. The lowest BCUT2D eigenvalue weighted by Gasteiger charge is -2.12. The quantitative estimate of drug-likeness (QED) is 0.778. The Kier molecular flexibility index (Phi) is 4.03. The molecule has 0 fully saturated rings. The minimum Gasteiger partial charge on any atom is -0.308 e. The van der Waals surface area contributed by atoms with Gasteiger partial charge in [0, 0.05) is 18.1 Å². The van der Waals surface area contributed by atoms with Gasteiger partial charge in [-0.25, -0.2) is 9.78 Å². The highest BCUT2D eigenvalue weighted by atomic mass is 16.2. The number of nitrogens with zero attached hydrogens (tertiary/aromatic N) is 3. The van der Waals surface area contributed by atoms with Crippen molar-refractivity contribution in [2.24, 2.45) is 0 Å². The van der Waals surface area contributed by atoms with E-state index in [2.05, 4.69) is 15.6 Å². The summed E-state index contributed by atoms with van der Waals surface area (Å²) in [6, 6.07) is 15.8. The van der Waals surface area contributed by atoms with Gasteiger partial charge in [0.25, 0.3) is 0 Å². The van der Waals surface area contributed by atoms with E-state index in [0.29, 0.717) is 16.9 Å². The Bertz CT molecular complexity index is 847. The van der Waals surface area contributed by atoms with Gasteiger partial charge in [0.15, 0.2) is 0 Å². The van der Waals surface area contributed by atoms with Gasteiger partial charge in [-0.3, -0.25) is 0 Å². The van der Waals surface area contributed by atoms with Crippen LogP contribution < -0.4 is 10.6 Å². The maximum atomic E-state index is 12.1. The van der Waals surface area contributed by atoms with E-state index in [4.69, 9.17) is 5.26 Å². The fourth-order valence-corrected chi connectivity index (χ4v) is 2.12. The smallest absolute Gasteiger partial charge is 0.308 e. The van der Waals surface area contributed by atoms with E-state index in [0.717, 1.165) is 5.69 Å². The van der Waals surface area contributed by atoms with Gasteiger partial charge in [0.1, 0.15) is 0 Å². The Hall–Kier alpha value is -3.59. The van der Waals surface area contributed by atoms with Crippen molar-refractivity contribution < 1.29 is 4.79 Å². The number of amides is 2. The molecule has 1 heterocycles. The molecule has 6 heteroatoms. The Balaban J connectivity index is 1.74. The molecule has 3 aromatic rings. The summed E-state index contributed by atoms with van der Waals surface area (Å²) in [5, 5.41) is 14.3. The molecule has 0 saturated carbocycles. The van der Waals surface area contributed by atoms with Crippen molar-refractivity contribution in [3.63, 3.8) is 0 Å². The van der Waals surface area contributed by atoms with E-state index in [1.165, 1.54) is 0 Å². The predicted molar refractivity (Wildman–Crippen MR) is 87.4 cm³/mol. The fourth-order valence-electron chi connectivity index (χ4n) is 2.12. The number of hydrogen-bond donors (Lipinski definition) is 2. The molecule has 0 radical (unpaired) electrons. The highest BCUT2D eigenvalue weighted by Gasteiger charge is 2.08. The zero-order chi connectivity index (χ0) is 16.1. The van der Waals surface area contributed by atoms with Gasteiger partial charge >= 0.3 is 6.03 Å². The molecule has 23 heavy (non-hydrogen) atoms. The second-order valence-corrected chi connectivity index (χ2v) is 4.76. The van der Waals surface area contributed by atoms with Crippen LogP contribution in [0.3, 0.4) is 0 Å². The molecule has 0 spiro atoms. The first kappa shape index (κ1) is 14.4. The standard InChI is InChI=1S/C17H13N5O/c18-11-13-5-7-14(8-6-13)20-17(23)21-15-3-1-2-4-16(15)22-10-9-19-12-22/h1-10,12H,(H2,20,21,23). The molecule has 3 rings (SSSR count). The van der Waals surface area contributed by atoms with Crippen LogP contribution in [0.15, 0.2) is 67.3 Å². The van der Waals surface area contributed by atoms with Gasteiger partial charge in [-0.05, 0) is 36.4 Å². The van der Waals surface area contributed by atoms with Crippen LogP contribution in [0, 0.1) is 11.3 Å². The van der Waals surface area contributed by atoms with Gasteiger partial charge in [-0.2, -0.15) is 5.26 Å². The minimum atomic E-state index is -0.359. The van der Waals surface area contributed by atoms with Crippen molar-refractivity contribution in [3.05, 3.63) is 72.8 Å². The first-order valence-corrected chi connectivity index (χ1v) is 6.92. The number of nitriles is 1. The molecule has 0 unspecified atom stereocenters. The number of para-hydroxylation sites is 2. The van der Waals surface area contributed by atoms with Crippen molar-refractivity contribution in [2.75, 3.05) is 10.6 Å². The first-order valence-electron chi connectivity index (χ1n) is 6.92. The molecular weight excluding hydrogens is 290 g/mol. The lowest BCUT2D eigenvalue weighted by molar-refractivity contribution is 0.262. The zero-order valence-electron chi connectivity index (χ0n) is 12.1. The molecule has 2 aromatic carbocycles. The molecule has 2 N–H and O–H groups in total. The molecular formula is C17H13N5O. The second-order valence-electron chi connectivity index (χ2n) is 4.76. The molecule has 0 aliphatic rings. The normalized spacial score (nSPS) is 9.87. The third kappa shape index (κ3) is 3.36. The molecule has 0 aliphatic heterocycles. The molecule has 0 saturated heterocycles. The molecule has 0 bridgehead atoms. The van der Waals surface area contributed by atoms with Crippen LogP contribution in [0.2, 0.25) is 0 Å². The maximum absolute atomic E-state index is 12.1. The Morgan fingerprint density at radius 1 is 1.09 bits per heavy atom. The highest BCUT2D eigenvalue weighted by Crippen LogP contribution is 2.20. The number of rotatable bonds is 3. The van der Waals surface area contributed by atoms with E-state index < -0.39 is 0 Å². The summed E-state index contributed by atoms with van der Waals surface area (Å²) in [7, 11) is 0. The Morgan fingerprint density at radius 2 is 1.87 bits per heavy atom. The monoisotopic (exact) mass is 303 g/mol. The number of carbonyl (C=O) groups is 1. The molecule has 6 nitrogen and oxygen atoms in total. The van der Waals surface area contributed by atoms with Crippen LogP contribution in [0.1, 0.15) is 5.56 Å².